The van der Waals surface area contributed by atoms with Crippen LogP contribution < -0.4 is 10.1 Å². The number of carbonyl (C=O) groups is 4. The Morgan fingerprint density at radius 1 is 1.08 bits per heavy atom. The van der Waals surface area contributed by atoms with Gasteiger partial charge in [0, 0.05) is 23.2 Å². The van der Waals surface area contributed by atoms with Gasteiger partial charge in [-0.3, -0.25) is 35.2 Å². The van der Waals surface area contributed by atoms with E-state index in [0.717, 1.165) is 0 Å². The molecule has 18 nitrogen and oxygen atoms in total. The van der Waals surface area contributed by atoms with Crippen molar-refractivity contribution < 1.29 is 78.9 Å². The molecule has 0 radical (unpaired) electrons. The number of hydrogen-bond donors (Lipinski definition) is 8. The van der Waals surface area contributed by atoms with E-state index in [1.54, 1.807) is 13.0 Å². The maximum Gasteiger partial charge on any atom is 0.413 e. The lowest BCUT2D eigenvalue weighted by atomic mass is 9.44. The first-order chi connectivity index (χ1) is 24.3. The molecule has 0 saturated heterocycles. The van der Waals surface area contributed by atoms with Crippen LogP contribution in [0.5, 0.6) is 5.75 Å². The van der Waals surface area contributed by atoms with Crippen LogP contribution >= 0.6 is 0 Å². The Bertz CT molecular complexity index is 1620. The standard InChI is InChI=1S/C33H42FN3O15/c1-30-9-8-20(38)12-19(30)6-7-23-24-13-25(39)33(44,31(24,2)14-26(40)32(23,30)34)27(41)17-49-28(42)15-35-29(43)51-21-5-3-4-18(10-21)11-22(52-37(47)48)16-50-36(45)46/h3-5,8-10,12,22-26,39-40,44-48H,6-7,11,13-17H2,1-2H3,(H,35,43)/t22?,23-,24-,25+,26-,30-,31-,32-,33-/m0/s1. The lowest BCUT2D eigenvalue weighted by Gasteiger charge is -2.62. The highest BCUT2D eigenvalue weighted by Gasteiger charge is 2.76. The number of nitrogens with zero attached hydrogens (tertiary/aromatic N) is 2. The van der Waals surface area contributed by atoms with Gasteiger partial charge < -0.3 is 30.1 Å². The molecule has 8 N–H and O–H groups in total. The average molecular weight is 740 g/mol. The fourth-order valence-corrected chi connectivity index (χ4v) is 8.73. The van der Waals surface area contributed by atoms with Gasteiger partial charge in [-0.1, -0.05) is 30.7 Å². The van der Waals surface area contributed by atoms with Crippen LogP contribution in [-0.2, 0) is 35.2 Å². The van der Waals surface area contributed by atoms with E-state index in [-0.39, 0.29) is 30.8 Å². The number of allylic oxidation sites excluding steroid dienone is 4. The Balaban J connectivity index is 1.17. The first-order valence-corrected chi connectivity index (χ1v) is 16.5. The molecule has 0 aromatic heterocycles. The first kappa shape index (κ1) is 39.5. The van der Waals surface area contributed by atoms with Crippen molar-refractivity contribution in [3.05, 3.63) is 53.6 Å². The number of benzene rings is 1. The van der Waals surface area contributed by atoms with Gasteiger partial charge in [-0.2, -0.15) is 0 Å². The number of amides is 1. The number of ether oxygens (including phenoxy) is 2. The van der Waals surface area contributed by atoms with Gasteiger partial charge in [-0.15, -0.1) is 0 Å². The molecule has 1 aromatic rings. The molecule has 9 atom stereocenters. The van der Waals surface area contributed by atoms with Crippen LogP contribution in [0.4, 0.5) is 9.18 Å². The summed E-state index contributed by atoms with van der Waals surface area (Å²) in [5.74, 6) is -4.10. The zero-order valence-electron chi connectivity index (χ0n) is 28.3. The second-order valence-corrected chi connectivity index (χ2v) is 14.0. The van der Waals surface area contributed by atoms with E-state index in [1.165, 1.54) is 43.4 Å². The highest BCUT2D eigenvalue weighted by atomic mass is 19.1. The third kappa shape index (κ3) is 7.14. The average Bonchev–Trinajstić information content (AvgIpc) is 3.27. The number of rotatable bonds is 13. The smallest absolute Gasteiger partial charge is 0.413 e. The molecule has 0 bridgehead atoms. The quantitative estimate of drug-likeness (QED) is 0.103. The maximum atomic E-state index is 17.3. The van der Waals surface area contributed by atoms with Crippen molar-refractivity contribution in [2.45, 2.75) is 75.5 Å². The van der Waals surface area contributed by atoms with Gasteiger partial charge in [-0.25, -0.2) is 18.9 Å². The van der Waals surface area contributed by atoms with E-state index in [9.17, 15) is 34.5 Å². The minimum absolute atomic E-state index is 0.0200. The Hall–Kier alpha value is -3.73. The van der Waals surface area contributed by atoms with Gasteiger partial charge >= 0.3 is 12.1 Å². The molecule has 4 aliphatic rings. The number of hydrogen-bond acceptors (Lipinski definition) is 17. The number of nitrogens with one attached hydrogen (secondary N) is 1. The number of aliphatic hydroxyl groups excluding tert-OH is 2. The van der Waals surface area contributed by atoms with Crippen molar-refractivity contribution in [1.29, 1.82) is 0 Å². The predicted molar refractivity (Wildman–Crippen MR) is 166 cm³/mol. The second kappa shape index (κ2) is 15.0. The molecule has 52 heavy (non-hydrogen) atoms. The molecular weight excluding hydrogens is 697 g/mol. The summed E-state index contributed by atoms with van der Waals surface area (Å²) in [5.41, 5.74) is -6.62. The Labute approximate surface area is 296 Å². The number of halogens is 1. The molecule has 19 heteroatoms. The lowest BCUT2D eigenvalue weighted by Crippen LogP contribution is -2.69. The number of fused-ring (bicyclic) bond motifs is 5. The summed E-state index contributed by atoms with van der Waals surface area (Å²) in [7, 11) is 0. The number of alkyl halides is 1. The summed E-state index contributed by atoms with van der Waals surface area (Å²) >= 11 is 0. The minimum atomic E-state index is -2.51. The van der Waals surface area contributed by atoms with Gasteiger partial charge in [-0.05, 0) is 68.4 Å². The van der Waals surface area contributed by atoms with Crippen LogP contribution in [0.3, 0.4) is 0 Å². The highest BCUT2D eigenvalue weighted by Crippen LogP contribution is 2.69. The minimum Gasteiger partial charge on any atom is -0.456 e. The van der Waals surface area contributed by atoms with Crippen molar-refractivity contribution in [2.24, 2.45) is 22.7 Å². The van der Waals surface area contributed by atoms with Crippen molar-refractivity contribution in [1.82, 2.24) is 16.1 Å². The van der Waals surface area contributed by atoms with Gasteiger partial charge in [0.2, 0.25) is 5.78 Å². The van der Waals surface area contributed by atoms with E-state index >= 15 is 4.39 Å². The van der Waals surface area contributed by atoms with Crippen molar-refractivity contribution in [3.8, 4) is 5.75 Å². The molecule has 3 saturated carbocycles. The Morgan fingerprint density at radius 2 is 1.81 bits per heavy atom. The zero-order chi connectivity index (χ0) is 38.2. The van der Waals surface area contributed by atoms with Crippen LogP contribution in [-0.4, -0.2) is 120 Å². The van der Waals surface area contributed by atoms with E-state index in [4.69, 9.17) is 30.3 Å². The predicted octanol–water partition coefficient (Wildman–Crippen LogP) is 0.895. The summed E-state index contributed by atoms with van der Waals surface area (Å²) in [4.78, 5) is 59.5. The fourth-order valence-electron chi connectivity index (χ4n) is 8.73. The lowest BCUT2D eigenvalue weighted by molar-refractivity contribution is -0.526. The first-order valence-electron chi connectivity index (χ1n) is 16.5. The molecule has 4 aliphatic carbocycles. The Morgan fingerprint density at radius 3 is 2.50 bits per heavy atom. The number of ketones is 2. The summed E-state index contributed by atoms with van der Waals surface area (Å²) in [6, 6.07) is 5.75. The summed E-state index contributed by atoms with van der Waals surface area (Å²) < 4.78 is 27.4. The summed E-state index contributed by atoms with van der Waals surface area (Å²) in [6.45, 7) is 0.808. The number of esters is 1. The zero-order valence-corrected chi connectivity index (χ0v) is 28.3. The van der Waals surface area contributed by atoms with E-state index in [1.807, 2.05) is 0 Å². The molecule has 1 unspecified atom stereocenters. The third-order valence-corrected chi connectivity index (χ3v) is 11.2. The third-order valence-electron chi connectivity index (χ3n) is 11.2. The molecule has 0 heterocycles. The van der Waals surface area contributed by atoms with Crippen molar-refractivity contribution in [3.63, 3.8) is 0 Å². The van der Waals surface area contributed by atoms with Gasteiger partial charge in [0.1, 0.15) is 25.0 Å². The van der Waals surface area contributed by atoms with Crippen LogP contribution in [0.2, 0.25) is 0 Å². The largest absolute Gasteiger partial charge is 0.456 e. The van der Waals surface area contributed by atoms with Crippen LogP contribution in [0, 0.1) is 22.7 Å². The maximum absolute atomic E-state index is 17.3. The molecule has 1 aromatic carbocycles. The fraction of sp³-hybridized carbons (Fsp3) is 0.576. The monoisotopic (exact) mass is 739 g/mol. The Kier molecular flexibility index (Phi) is 11.4. The van der Waals surface area contributed by atoms with Crippen molar-refractivity contribution >= 4 is 23.6 Å². The molecular formula is C33H42FN3O15. The van der Waals surface area contributed by atoms with Gasteiger partial charge in [0.25, 0.3) is 0 Å². The SMILES string of the molecule is C[C@]12C=CC(=O)C=C1CC[C@H]1[C@@H]3C[C@@H](O)[C@](O)(C(=O)COC(=O)CNC(=O)Oc4cccc(CC(CON(O)O)ON(O)O)c4)[C@@]3(C)C[C@H](O)[C@@]12F. The van der Waals surface area contributed by atoms with Gasteiger partial charge in [0.05, 0.1) is 23.0 Å². The summed E-state index contributed by atoms with van der Waals surface area (Å²) in [6.07, 6.45) is -1.60. The van der Waals surface area contributed by atoms with Crippen LogP contribution in [0.25, 0.3) is 0 Å². The number of aliphatic hydroxyl groups is 3. The molecule has 5 rings (SSSR count). The number of Topliss-reactive ketones (excluding diaryl/α,β-unsaturated/α-hetero) is 1. The van der Waals surface area contributed by atoms with Crippen molar-refractivity contribution in [2.75, 3.05) is 19.8 Å². The van der Waals surface area contributed by atoms with Crippen LogP contribution in [0.1, 0.15) is 45.1 Å². The van der Waals surface area contributed by atoms with Gasteiger partial charge in [0.15, 0.2) is 23.7 Å². The molecule has 0 spiro atoms. The summed E-state index contributed by atoms with van der Waals surface area (Å²) in [5, 5.41) is 70.6. The van der Waals surface area contributed by atoms with Crippen LogP contribution in [0.15, 0.2) is 48.1 Å². The molecule has 286 valence electrons. The molecule has 3 fully saturated rings. The molecule has 1 amide bonds. The normalized spacial score (nSPS) is 34.2. The van der Waals surface area contributed by atoms with E-state index in [0.29, 0.717) is 17.6 Å². The molecule has 0 aliphatic heterocycles. The topological polar surface area (TPSA) is 265 Å². The number of carbonyl (C=O) groups excluding carboxylic acids is 4. The highest BCUT2D eigenvalue weighted by molar-refractivity contribution is 6.01. The van der Waals surface area contributed by atoms with E-state index in [2.05, 4.69) is 15.0 Å². The second-order valence-electron chi connectivity index (χ2n) is 14.0. The van der Waals surface area contributed by atoms with E-state index < -0.39 is 107 Å².